The summed E-state index contributed by atoms with van der Waals surface area (Å²) in [4.78, 5) is 0. The van der Waals surface area contributed by atoms with E-state index in [9.17, 15) is 0 Å². The van der Waals surface area contributed by atoms with Crippen molar-refractivity contribution in [1.29, 1.82) is 0 Å². The molecule has 2 atom stereocenters. The van der Waals surface area contributed by atoms with Gasteiger partial charge < -0.3 is 15.0 Å². The van der Waals surface area contributed by atoms with Gasteiger partial charge in [-0.3, -0.25) is 0 Å². The van der Waals surface area contributed by atoms with E-state index in [0.717, 1.165) is 22.9 Å². The molecule has 0 spiro atoms. The zero-order valence-electron chi connectivity index (χ0n) is 12.0. The maximum Gasteiger partial charge on any atom is 0.191 e. The second kappa shape index (κ2) is 6.76. The smallest absolute Gasteiger partial charge is 0.191 e. The molecule has 0 radical (unpaired) electrons. The molecule has 20 heavy (non-hydrogen) atoms. The van der Waals surface area contributed by atoms with Crippen molar-refractivity contribution in [3.05, 3.63) is 36.2 Å². The van der Waals surface area contributed by atoms with E-state index in [1.54, 1.807) is 25.2 Å². The molecule has 1 aromatic heterocycles. The summed E-state index contributed by atoms with van der Waals surface area (Å²) < 4.78 is 7.20. The minimum absolute atomic E-state index is 0.0452. The fourth-order valence-electron chi connectivity index (χ4n) is 1.93. The van der Waals surface area contributed by atoms with Crippen LogP contribution in [0.1, 0.15) is 24.2 Å². The predicted molar refractivity (Wildman–Crippen MR) is 80.9 cm³/mol. The highest BCUT2D eigenvalue weighted by molar-refractivity contribution is 7.99. The van der Waals surface area contributed by atoms with E-state index in [-0.39, 0.29) is 11.3 Å². The SMILES string of the molecule is CCC(N)C(Sc1nncn1C)c1cccc(OC)c1. The lowest BCUT2D eigenvalue weighted by molar-refractivity contribution is 0.414. The predicted octanol–water partition coefficient (Wildman–Crippen LogP) is 2.39. The maximum absolute atomic E-state index is 6.29. The lowest BCUT2D eigenvalue weighted by Crippen LogP contribution is -2.26. The number of ether oxygens (including phenoxy) is 1. The normalized spacial score (nSPS) is 14.0. The molecule has 2 rings (SSSR count). The Balaban J connectivity index is 2.29. The lowest BCUT2D eigenvalue weighted by Gasteiger charge is -2.22. The second-order valence-corrected chi connectivity index (χ2v) is 5.72. The monoisotopic (exact) mass is 292 g/mol. The highest BCUT2D eigenvalue weighted by Crippen LogP contribution is 2.37. The van der Waals surface area contributed by atoms with E-state index >= 15 is 0 Å². The minimum atomic E-state index is 0.0452. The van der Waals surface area contributed by atoms with E-state index in [1.807, 2.05) is 29.8 Å². The van der Waals surface area contributed by atoms with Gasteiger partial charge in [-0.1, -0.05) is 30.8 Å². The van der Waals surface area contributed by atoms with Crippen molar-refractivity contribution in [3.8, 4) is 5.75 Å². The van der Waals surface area contributed by atoms with Gasteiger partial charge in [0.25, 0.3) is 0 Å². The Bertz CT molecular complexity index is 558. The first-order chi connectivity index (χ1) is 9.65. The molecule has 0 bridgehead atoms. The molecule has 5 nitrogen and oxygen atoms in total. The summed E-state index contributed by atoms with van der Waals surface area (Å²) in [6, 6.07) is 8.07. The third kappa shape index (κ3) is 3.32. The van der Waals surface area contributed by atoms with Gasteiger partial charge in [0.2, 0.25) is 0 Å². The average molecular weight is 292 g/mol. The van der Waals surface area contributed by atoms with E-state index in [0.29, 0.717) is 0 Å². The van der Waals surface area contributed by atoms with Gasteiger partial charge in [0, 0.05) is 13.1 Å². The number of rotatable bonds is 6. The summed E-state index contributed by atoms with van der Waals surface area (Å²) in [5, 5.41) is 9.03. The van der Waals surface area contributed by atoms with Crippen LogP contribution in [-0.2, 0) is 7.05 Å². The number of thioether (sulfide) groups is 1. The number of benzene rings is 1. The van der Waals surface area contributed by atoms with Crippen molar-refractivity contribution in [2.24, 2.45) is 12.8 Å². The van der Waals surface area contributed by atoms with Gasteiger partial charge >= 0.3 is 0 Å². The van der Waals surface area contributed by atoms with Crippen LogP contribution in [0.25, 0.3) is 0 Å². The minimum Gasteiger partial charge on any atom is -0.497 e. The Morgan fingerprint density at radius 3 is 2.85 bits per heavy atom. The molecule has 2 N–H and O–H groups in total. The number of hydrogen-bond donors (Lipinski definition) is 1. The zero-order valence-corrected chi connectivity index (χ0v) is 12.8. The average Bonchev–Trinajstić information content (AvgIpc) is 2.89. The number of aromatic nitrogens is 3. The second-order valence-electron chi connectivity index (χ2n) is 4.61. The molecule has 2 unspecified atom stereocenters. The fourth-order valence-corrected chi connectivity index (χ4v) is 3.11. The first-order valence-electron chi connectivity index (χ1n) is 6.56. The van der Waals surface area contributed by atoms with Crippen LogP contribution < -0.4 is 10.5 Å². The van der Waals surface area contributed by atoms with Gasteiger partial charge in [-0.05, 0) is 24.1 Å². The van der Waals surface area contributed by atoms with E-state index in [4.69, 9.17) is 10.5 Å². The summed E-state index contributed by atoms with van der Waals surface area (Å²) in [5.41, 5.74) is 7.43. The highest BCUT2D eigenvalue weighted by Gasteiger charge is 2.22. The van der Waals surface area contributed by atoms with Gasteiger partial charge in [0.1, 0.15) is 12.1 Å². The number of methoxy groups -OCH3 is 1. The summed E-state index contributed by atoms with van der Waals surface area (Å²) in [6.07, 6.45) is 2.59. The highest BCUT2D eigenvalue weighted by atomic mass is 32.2. The Hall–Kier alpha value is -1.53. The molecule has 1 heterocycles. The van der Waals surface area contributed by atoms with Gasteiger partial charge in [-0.15, -0.1) is 10.2 Å². The Morgan fingerprint density at radius 2 is 2.25 bits per heavy atom. The van der Waals surface area contributed by atoms with E-state index < -0.39 is 0 Å². The van der Waals surface area contributed by atoms with Crippen molar-refractivity contribution >= 4 is 11.8 Å². The van der Waals surface area contributed by atoms with Crippen LogP contribution >= 0.6 is 11.8 Å². The Labute approximate surface area is 123 Å². The molecule has 6 heteroatoms. The summed E-state index contributed by atoms with van der Waals surface area (Å²) in [5.74, 6) is 0.842. The van der Waals surface area contributed by atoms with Gasteiger partial charge in [-0.25, -0.2) is 0 Å². The molecule has 0 saturated heterocycles. The summed E-state index contributed by atoms with van der Waals surface area (Å²) in [6.45, 7) is 2.09. The van der Waals surface area contributed by atoms with Crippen molar-refractivity contribution in [3.63, 3.8) is 0 Å². The molecule has 2 aromatic rings. The van der Waals surface area contributed by atoms with Gasteiger partial charge in [0.05, 0.1) is 12.4 Å². The lowest BCUT2D eigenvalue weighted by atomic mass is 10.0. The van der Waals surface area contributed by atoms with Crippen LogP contribution in [0.3, 0.4) is 0 Å². The summed E-state index contributed by atoms with van der Waals surface area (Å²) in [7, 11) is 3.60. The topological polar surface area (TPSA) is 66.0 Å². The standard InChI is InChI=1S/C14H20N4OS/c1-4-12(15)13(20-14-17-16-9-18(14)2)10-6-5-7-11(8-10)19-3/h5-9,12-13H,4,15H2,1-3H3. The van der Waals surface area contributed by atoms with E-state index in [1.165, 1.54) is 0 Å². The maximum atomic E-state index is 6.29. The first kappa shape index (κ1) is 14.9. The fraction of sp³-hybridized carbons (Fsp3) is 0.429. The Morgan fingerprint density at radius 1 is 1.45 bits per heavy atom. The summed E-state index contributed by atoms with van der Waals surface area (Å²) >= 11 is 1.64. The molecule has 0 amide bonds. The van der Waals surface area contributed by atoms with Crippen LogP contribution in [0.5, 0.6) is 5.75 Å². The number of nitrogens with zero attached hydrogens (tertiary/aromatic N) is 3. The van der Waals surface area contributed by atoms with Crippen molar-refractivity contribution in [1.82, 2.24) is 14.8 Å². The van der Waals surface area contributed by atoms with E-state index in [2.05, 4.69) is 23.2 Å². The third-order valence-corrected chi connectivity index (χ3v) is 4.64. The van der Waals surface area contributed by atoms with Gasteiger partial charge in [0.15, 0.2) is 5.16 Å². The van der Waals surface area contributed by atoms with Crippen LogP contribution in [0.4, 0.5) is 0 Å². The number of nitrogens with two attached hydrogens (primary N) is 1. The largest absolute Gasteiger partial charge is 0.497 e. The molecular weight excluding hydrogens is 272 g/mol. The van der Waals surface area contributed by atoms with Crippen molar-refractivity contribution < 1.29 is 4.74 Å². The molecule has 0 aliphatic carbocycles. The van der Waals surface area contributed by atoms with Crippen LogP contribution in [0, 0.1) is 0 Å². The molecule has 108 valence electrons. The number of hydrogen-bond acceptors (Lipinski definition) is 5. The molecule has 0 fully saturated rings. The van der Waals surface area contributed by atoms with Crippen molar-refractivity contribution in [2.75, 3.05) is 7.11 Å². The van der Waals surface area contributed by atoms with Crippen LogP contribution in [0.15, 0.2) is 35.7 Å². The third-order valence-electron chi connectivity index (χ3n) is 3.18. The Kier molecular flexibility index (Phi) is 5.03. The van der Waals surface area contributed by atoms with Gasteiger partial charge in [-0.2, -0.15) is 0 Å². The van der Waals surface area contributed by atoms with Crippen LogP contribution in [-0.4, -0.2) is 27.9 Å². The first-order valence-corrected chi connectivity index (χ1v) is 7.43. The van der Waals surface area contributed by atoms with Crippen molar-refractivity contribution in [2.45, 2.75) is 29.8 Å². The number of aryl methyl sites for hydroxylation is 1. The quantitative estimate of drug-likeness (QED) is 0.828. The molecule has 0 aliphatic heterocycles. The molecule has 0 saturated carbocycles. The zero-order chi connectivity index (χ0) is 14.5. The van der Waals surface area contributed by atoms with Crippen LogP contribution in [0.2, 0.25) is 0 Å². The molecule has 1 aromatic carbocycles. The molecule has 0 aliphatic rings. The molecular formula is C14H20N4OS.